The zero-order valence-corrected chi connectivity index (χ0v) is 13.6. The van der Waals surface area contributed by atoms with Crippen LogP contribution in [0.4, 0.5) is 9.18 Å². The molecule has 0 saturated heterocycles. The van der Waals surface area contributed by atoms with E-state index >= 15 is 0 Å². The number of hydrogen-bond donors (Lipinski definition) is 2. The van der Waals surface area contributed by atoms with Gasteiger partial charge in [-0.1, -0.05) is 18.2 Å². The largest absolute Gasteiger partial charge is 0.444 e. The van der Waals surface area contributed by atoms with E-state index in [0.29, 0.717) is 5.56 Å². The number of ether oxygens (including phenoxy) is 1. The summed E-state index contributed by atoms with van der Waals surface area (Å²) in [5.41, 5.74) is -0.249. The summed E-state index contributed by atoms with van der Waals surface area (Å²) < 4.78 is 18.7. The van der Waals surface area contributed by atoms with Crippen LogP contribution in [-0.2, 0) is 9.53 Å². The highest BCUT2D eigenvalue weighted by Crippen LogP contribution is 2.16. The van der Waals surface area contributed by atoms with Gasteiger partial charge in [-0.15, -0.1) is 0 Å². The fourth-order valence-electron chi connectivity index (χ4n) is 1.79. The van der Waals surface area contributed by atoms with Gasteiger partial charge in [0.05, 0.1) is 6.04 Å². The molecule has 122 valence electrons. The number of benzene rings is 1. The molecule has 0 unspecified atom stereocenters. The third-order valence-corrected chi connectivity index (χ3v) is 2.86. The van der Waals surface area contributed by atoms with E-state index in [1.807, 2.05) is 0 Å². The van der Waals surface area contributed by atoms with Gasteiger partial charge in [-0.05, 0) is 40.7 Å². The van der Waals surface area contributed by atoms with E-state index in [-0.39, 0.29) is 5.82 Å². The first-order valence-electron chi connectivity index (χ1n) is 7.14. The van der Waals surface area contributed by atoms with Crippen LogP contribution in [-0.4, -0.2) is 23.6 Å². The number of halogens is 1. The second-order valence-corrected chi connectivity index (χ2v) is 6.12. The molecule has 2 atom stereocenters. The van der Waals surface area contributed by atoms with E-state index in [1.54, 1.807) is 45.9 Å². The van der Waals surface area contributed by atoms with E-state index < -0.39 is 29.7 Å². The first-order valence-corrected chi connectivity index (χ1v) is 7.14. The van der Waals surface area contributed by atoms with Crippen molar-refractivity contribution in [1.82, 2.24) is 10.6 Å². The van der Waals surface area contributed by atoms with Crippen LogP contribution in [0, 0.1) is 5.82 Å². The minimum Gasteiger partial charge on any atom is -0.444 e. The molecule has 0 saturated carbocycles. The highest BCUT2D eigenvalue weighted by molar-refractivity contribution is 5.85. The number of hydrogen-bond acceptors (Lipinski definition) is 3. The third-order valence-electron chi connectivity index (χ3n) is 2.86. The summed E-state index contributed by atoms with van der Waals surface area (Å²) in [4.78, 5) is 23.6. The lowest BCUT2D eigenvalue weighted by molar-refractivity contribution is -0.123. The lowest BCUT2D eigenvalue weighted by atomic mass is 10.1. The van der Waals surface area contributed by atoms with Crippen LogP contribution < -0.4 is 10.6 Å². The second-order valence-electron chi connectivity index (χ2n) is 6.12. The van der Waals surface area contributed by atoms with E-state index in [1.165, 1.54) is 13.0 Å². The van der Waals surface area contributed by atoms with Crippen molar-refractivity contribution in [1.29, 1.82) is 0 Å². The van der Waals surface area contributed by atoms with Crippen molar-refractivity contribution in [3.05, 3.63) is 35.6 Å². The van der Waals surface area contributed by atoms with Crippen molar-refractivity contribution in [2.24, 2.45) is 0 Å². The maximum Gasteiger partial charge on any atom is 0.408 e. The summed E-state index contributed by atoms with van der Waals surface area (Å²) in [6.45, 7) is 8.41. The van der Waals surface area contributed by atoms with Gasteiger partial charge in [-0.25, -0.2) is 9.18 Å². The van der Waals surface area contributed by atoms with E-state index in [9.17, 15) is 14.0 Å². The van der Waals surface area contributed by atoms with Gasteiger partial charge in [0.1, 0.15) is 17.5 Å². The number of carbonyl (C=O) groups excluding carboxylic acids is 2. The Hall–Kier alpha value is -2.11. The first kappa shape index (κ1) is 17.9. The standard InChI is InChI=1S/C16H23FN2O3/c1-10(12-8-6-7-9-13(12)17)18-14(20)11(2)19-15(21)22-16(3,4)5/h6-11H,1-5H3,(H,18,20)(H,19,21)/t10-,11-/m1/s1. The van der Waals surface area contributed by atoms with Crippen molar-refractivity contribution in [3.63, 3.8) is 0 Å². The van der Waals surface area contributed by atoms with Crippen LogP contribution >= 0.6 is 0 Å². The SMILES string of the molecule is C[C@@H](NC(=O)OC(C)(C)C)C(=O)N[C@H](C)c1ccccc1F. The van der Waals surface area contributed by atoms with Crippen molar-refractivity contribution in [2.75, 3.05) is 0 Å². The Kier molecular flexibility index (Phi) is 5.91. The highest BCUT2D eigenvalue weighted by atomic mass is 19.1. The predicted molar refractivity (Wildman–Crippen MR) is 81.8 cm³/mol. The molecule has 22 heavy (non-hydrogen) atoms. The smallest absolute Gasteiger partial charge is 0.408 e. The van der Waals surface area contributed by atoms with Gasteiger partial charge >= 0.3 is 6.09 Å². The molecule has 0 spiro atoms. The Morgan fingerprint density at radius 3 is 2.27 bits per heavy atom. The zero-order valence-electron chi connectivity index (χ0n) is 13.6. The molecule has 2 amide bonds. The quantitative estimate of drug-likeness (QED) is 0.898. The summed E-state index contributed by atoms with van der Waals surface area (Å²) in [6.07, 6.45) is -0.673. The molecule has 0 aliphatic carbocycles. The normalized spacial score (nSPS) is 13.9. The van der Waals surface area contributed by atoms with E-state index in [2.05, 4.69) is 10.6 Å². The lowest BCUT2D eigenvalue weighted by Crippen LogP contribution is -2.47. The van der Waals surface area contributed by atoms with Crippen molar-refractivity contribution in [3.8, 4) is 0 Å². The molecule has 0 radical (unpaired) electrons. The number of nitrogens with one attached hydrogen (secondary N) is 2. The second kappa shape index (κ2) is 7.24. The molecule has 0 aliphatic heterocycles. The maximum absolute atomic E-state index is 13.6. The number of amides is 2. The molecule has 1 rings (SSSR count). The lowest BCUT2D eigenvalue weighted by Gasteiger charge is -2.23. The highest BCUT2D eigenvalue weighted by Gasteiger charge is 2.22. The number of rotatable bonds is 4. The van der Waals surface area contributed by atoms with Crippen LogP contribution in [0.3, 0.4) is 0 Å². The van der Waals surface area contributed by atoms with Crippen molar-refractivity contribution >= 4 is 12.0 Å². The van der Waals surface area contributed by atoms with E-state index in [0.717, 1.165) is 0 Å². The molecule has 1 aromatic rings. The average molecular weight is 310 g/mol. The zero-order chi connectivity index (χ0) is 16.9. The number of carbonyl (C=O) groups is 2. The third kappa shape index (κ3) is 5.71. The van der Waals surface area contributed by atoms with Gasteiger partial charge in [-0.3, -0.25) is 4.79 Å². The molecule has 6 heteroatoms. The van der Waals surface area contributed by atoms with Gasteiger partial charge < -0.3 is 15.4 Å². The van der Waals surface area contributed by atoms with Crippen LogP contribution in [0.1, 0.15) is 46.2 Å². The minimum atomic E-state index is -0.788. The Labute approximate surface area is 130 Å². The molecular weight excluding hydrogens is 287 g/mol. The van der Waals surface area contributed by atoms with Crippen LogP contribution in [0.2, 0.25) is 0 Å². The topological polar surface area (TPSA) is 67.4 Å². The van der Waals surface area contributed by atoms with Gasteiger partial charge in [0.15, 0.2) is 0 Å². The summed E-state index contributed by atoms with van der Waals surface area (Å²) in [7, 11) is 0. The molecular formula is C16H23FN2O3. The van der Waals surface area contributed by atoms with Crippen LogP contribution in [0.15, 0.2) is 24.3 Å². The fraction of sp³-hybridized carbons (Fsp3) is 0.500. The Morgan fingerprint density at radius 2 is 1.73 bits per heavy atom. The maximum atomic E-state index is 13.6. The minimum absolute atomic E-state index is 0.386. The molecule has 0 bridgehead atoms. The summed E-state index contributed by atoms with van der Waals surface area (Å²) >= 11 is 0. The summed E-state index contributed by atoms with van der Waals surface area (Å²) in [6, 6.07) is 4.93. The molecule has 0 aromatic heterocycles. The monoisotopic (exact) mass is 310 g/mol. The summed E-state index contributed by atoms with van der Waals surface area (Å²) in [5, 5.41) is 5.10. The van der Waals surface area contributed by atoms with E-state index in [4.69, 9.17) is 4.74 Å². The first-order chi connectivity index (χ1) is 10.1. The Morgan fingerprint density at radius 1 is 1.14 bits per heavy atom. The van der Waals surface area contributed by atoms with Gasteiger partial charge in [-0.2, -0.15) is 0 Å². The van der Waals surface area contributed by atoms with Gasteiger partial charge in [0.25, 0.3) is 0 Å². The summed E-state index contributed by atoms with van der Waals surface area (Å²) in [5.74, 6) is -0.801. The fourth-order valence-corrected chi connectivity index (χ4v) is 1.79. The van der Waals surface area contributed by atoms with Crippen LogP contribution in [0.25, 0.3) is 0 Å². The van der Waals surface area contributed by atoms with Crippen LogP contribution in [0.5, 0.6) is 0 Å². The molecule has 0 aliphatic rings. The number of alkyl carbamates (subject to hydrolysis) is 1. The predicted octanol–water partition coefficient (Wildman–Crippen LogP) is 2.92. The molecule has 0 fully saturated rings. The van der Waals surface area contributed by atoms with Crippen molar-refractivity contribution in [2.45, 2.75) is 52.3 Å². The molecule has 1 aromatic carbocycles. The Bertz CT molecular complexity index is 540. The average Bonchev–Trinajstić information content (AvgIpc) is 2.36. The Balaban J connectivity index is 2.57. The van der Waals surface area contributed by atoms with Crippen molar-refractivity contribution < 1.29 is 18.7 Å². The molecule has 5 nitrogen and oxygen atoms in total. The van der Waals surface area contributed by atoms with Gasteiger partial charge in [0, 0.05) is 5.56 Å². The van der Waals surface area contributed by atoms with Gasteiger partial charge in [0.2, 0.25) is 5.91 Å². The molecule has 2 N–H and O–H groups in total. The molecule has 0 heterocycles.